The second kappa shape index (κ2) is 5.07. The standard InChI is InChI=1S/C10H11BrFN3O/c1-15(2)10(14)16-9(13)6-3-4-8(12)7(11)5-6/h3-5,13-14H,1-2H3. The Labute approximate surface area is 101 Å². The molecule has 0 fully saturated rings. The molecule has 0 aliphatic heterocycles. The summed E-state index contributed by atoms with van der Waals surface area (Å²) in [6.07, 6.45) is 0. The van der Waals surface area contributed by atoms with E-state index in [9.17, 15) is 4.39 Å². The van der Waals surface area contributed by atoms with E-state index in [1.54, 1.807) is 14.1 Å². The van der Waals surface area contributed by atoms with E-state index in [0.29, 0.717) is 5.56 Å². The van der Waals surface area contributed by atoms with E-state index in [1.165, 1.54) is 23.1 Å². The molecule has 4 nitrogen and oxygen atoms in total. The summed E-state index contributed by atoms with van der Waals surface area (Å²) < 4.78 is 18.1. The lowest BCUT2D eigenvalue weighted by Crippen LogP contribution is -2.26. The number of amidine groups is 1. The Morgan fingerprint density at radius 2 is 2.00 bits per heavy atom. The second-order valence-corrected chi connectivity index (χ2v) is 4.11. The summed E-state index contributed by atoms with van der Waals surface area (Å²) in [6, 6.07) is 3.94. The quantitative estimate of drug-likeness (QED) is 0.616. The summed E-state index contributed by atoms with van der Waals surface area (Å²) in [5.41, 5.74) is 0.403. The third kappa shape index (κ3) is 3.03. The molecule has 0 spiro atoms. The highest BCUT2D eigenvalue weighted by atomic mass is 79.9. The lowest BCUT2D eigenvalue weighted by Gasteiger charge is -2.14. The molecule has 0 amide bonds. The summed E-state index contributed by atoms with van der Waals surface area (Å²) in [6.45, 7) is 0. The van der Waals surface area contributed by atoms with E-state index >= 15 is 0 Å². The Kier molecular flexibility index (Phi) is 4.00. The second-order valence-electron chi connectivity index (χ2n) is 3.26. The first kappa shape index (κ1) is 12.6. The van der Waals surface area contributed by atoms with Crippen molar-refractivity contribution >= 4 is 27.8 Å². The van der Waals surface area contributed by atoms with Gasteiger partial charge in [0.25, 0.3) is 6.02 Å². The Morgan fingerprint density at radius 3 is 2.50 bits per heavy atom. The van der Waals surface area contributed by atoms with Crippen LogP contribution in [0.15, 0.2) is 22.7 Å². The summed E-state index contributed by atoms with van der Waals surface area (Å²) in [4.78, 5) is 1.42. The van der Waals surface area contributed by atoms with Crippen molar-refractivity contribution in [1.29, 1.82) is 10.8 Å². The SMILES string of the molecule is CN(C)C(=N)OC(=N)c1ccc(F)c(Br)c1. The van der Waals surface area contributed by atoms with E-state index in [1.807, 2.05) is 0 Å². The fraction of sp³-hybridized carbons (Fsp3) is 0.200. The van der Waals surface area contributed by atoms with Gasteiger partial charge in [-0.15, -0.1) is 0 Å². The topological polar surface area (TPSA) is 60.2 Å². The third-order valence-corrected chi connectivity index (χ3v) is 2.39. The first-order valence-electron chi connectivity index (χ1n) is 4.39. The maximum absolute atomic E-state index is 12.9. The van der Waals surface area contributed by atoms with E-state index in [4.69, 9.17) is 15.6 Å². The molecule has 0 aliphatic carbocycles. The Morgan fingerprint density at radius 1 is 1.38 bits per heavy atom. The van der Waals surface area contributed by atoms with Crippen LogP contribution in [0.2, 0.25) is 0 Å². The molecule has 1 rings (SSSR count). The lowest BCUT2D eigenvalue weighted by molar-refractivity contribution is 0.417. The molecule has 0 saturated carbocycles. The fourth-order valence-electron chi connectivity index (χ4n) is 0.884. The molecule has 0 unspecified atom stereocenters. The number of nitrogens with one attached hydrogen (secondary N) is 2. The molecule has 0 atom stereocenters. The summed E-state index contributed by atoms with van der Waals surface area (Å²) >= 11 is 3.02. The summed E-state index contributed by atoms with van der Waals surface area (Å²) in [5.74, 6) is -0.598. The van der Waals surface area contributed by atoms with Crippen LogP contribution >= 0.6 is 15.9 Å². The van der Waals surface area contributed by atoms with E-state index in [-0.39, 0.29) is 16.4 Å². The molecule has 0 saturated heterocycles. The van der Waals surface area contributed by atoms with Crippen LogP contribution in [-0.2, 0) is 4.74 Å². The minimum Gasteiger partial charge on any atom is -0.407 e. The molecule has 0 radical (unpaired) electrons. The molecule has 0 heterocycles. The molecule has 1 aromatic carbocycles. The average Bonchev–Trinajstić information content (AvgIpc) is 2.21. The first-order chi connectivity index (χ1) is 7.41. The van der Waals surface area contributed by atoms with Gasteiger partial charge < -0.3 is 9.64 Å². The van der Waals surface area contributed by atoms with Gasteiger partial charge in [0.05, 0.1) is 4.47 Å². The number of hydrogen-bond acceptors (Lipinski definition) is 3. The molecule has 16 heavy (non-hydrogen) atoms. The molecule has 0 bridgehead atoms. The number of rotatable bonds is 1. The zero-order valence-corrected chi connectivity index (χ0v) is 10.4. The zero-order valence-electron chi connectivity index (χ0n) is 8.84. The molecule has 0 aromatic heterocycles. The van der Waals surface area contributed by atoms with Crippen LogP contribution in [-0.4, -0.2) is 30.9 Å². The van der Waals surface area contributed by atoms with Crippen molar-refractivity contribution in [3.63, 3.8) is 0 Å². The third-order valence-electron chi connectivity index (χ3n) is 1.79. The van der Waals surface area contributed by atoms with Crippen molar-refractivity contribution in [3.8, 4) is 0 Å². The molecule has 0 aliphatic rings. The maximum atomic E-state index is 12.9. The predicted molar refractivity (Wildman–Crippen MR) is 63.4 cm³/mol. The van der Waals surface area contributed by atoms with Crippen LogP contribution in [0.25, 0.3) is 0 Å². The van der Waals surface area contributed by atoms with Gasteiger partial charge in [-0.2, -0.15) is 0 Å². The van der Waals surface area contributed by atoms with Gasteiger partial charge in [0.1, 0.15) is 5.82 Å². The van der Waals surface area contributed by atoms with Gasteiger partial charge in [-0.1, -0.05) is 0 Å². The van der Waals surface area contributed by atoms with Crippen LogP contribution in [0.3, 0.4) is 0 Å². The number of ether oxygens (including phenoxy) is 1. The van der Waals surface area contributed by atoms with Crippen molar-refractivity contribution in [2.45, 2.75) is 0 Å². The van der Waals surface area contributed by atoms with Gasteiger partial charge >= 0.3 is 0 Å². The molecule has 86 valence electrons. The zero-order chi connectivity index (χ0) is 12.3. The molecule has 6 heteroatoms. The normalized spacial score (nSPS) is 9.75. The highest BCUT2D eigenvalue weighted by molar-refractivity contribution is 9.10. The van der Waals surface area contributed by atoms with Crippen molar-refractivity contribution in [3.05, 3.63) is 34.1 Å². The van der Waals surface area contributed by atoms with Gasteiger partial charge in [-0.25, -0.2) is 4.39 Å². The Hall–Kier alpha value is -1.43. The van der Waals surface area contributed by atoms with Gasteiger partial charge in [0.2, 0.25) is 5.90 Å². The predicted octanol–water partition coefficient (Wildman–Crippen LogP) is 2.43. The van der Waals surface area contributed by atoms with Crippen LogP contribution in [0.4, 0.5) is 4.39 Å². The largest absolute Gasteiger partial charge is 0.407 e. The number of benzene rings is 1. The van der Waals surface area contributed by atoms with Crippen molar-refractivity contribution in [1.82, 2.24) is 4.90 Å². The van der Waals surface area contributed by atoms with E-state index < -0.39 is 5.82 Å². The lowest BCUT2D eigenvalue weighted by atomic mass is 10.2. The molecular formula is C10H11BrFN3O. The highest BCUT2D eigenvalue weighted by Crippen LogP contribution is 2.17. The minimum absolute atomic E-state index is 0.148. The van der Waals surface area contributed by atoms with Crippen molar-refractivity contribution < 1.29 is 9.13 Å². The van der Waals surface area contributed by atoms with Crippen LogP contribution < -0.4 is 0 Å². The van der Waals surface area contributed by atoms with E-state index in [0.717, 1.165) is 0 Å². The van der Waals surface area contributed by atoms with Crippen LogP contribution in [0.1, 0.15) is 5.56 Å². The van der Waals surface area contributed by atoms with Crippen molar-refractivity contribution in [2.24, 2.45) is 0 Å². The fourth-order valence-corrected chi connectivity index (χ4v) is 1.26. The first-order valence-corrected chi connectivity index (χ1v) is 5.19. The van der Waals surface area contributed by atoms with Gasteiger partial charge in [-0.3, -0.25) is 10.8 Å². The Bertz CT molecular complexity index is 434. The van der Waals surface area contributed by atoms with Gasteiger partial charge in [-0.05, 0) is 34.1 Å². The highest BCUT2D eigenvalue weighted by Gasteiger charge is 2.09. The van der Waals surface area contributed by atoms with Crippen LogP contribution in [0, 0.1) is 16.6 Å². The number of halogens is 2. The number of nitrogens with zero attached hydrogens (tertiary/aromatic N) is 1. The minimum atomic E-state index is -0.403. The summed E-state index contributed by atoms with van der Waals surface area (Å²) in [7, 11) is 3.27. The molecule has 2 N–H and O–H groups in total. The maximum Gasteiger partial charge on any atom is 0.290 e. The Balaban J connectivity index is 2.81. The molecule has 1 aromatic rings. The average molecular weight is 288 g/mol. The van der Waals surface area contributed by atoms with Crippen molar-refractivity contribution in [2.75, 3.05) is 14.1 Å². The smallest absolute Gasteiger partial charge is 0.290 e. The van der Waals surface area contributed by atoms with Crippen LogP contribution in [0.5, 0.6) is 0 Å². The van der Waals surface area contributed by atoms with Gasteiger partial charge in [0, 0.05) is 19.7 Å². The summed E-state index contributed by atoms with van der Waals surface area (Å²) in [5, 5.41) is 15.0. The van der Waals surface area contributed by atoms with E-state index in [2.05, 4.69) is 15.9 Å². The van der Waals surface area contributed by atoms with Gasteiger partial charge in [0.15, 0.2) is 0 Å². The monoisotopic (exact) mass is 287 g/mol. The molecular weight excluding hydrogens is 277 g/mol. The number of hydrogen-bond donors (Lipinski definition) is 2.